The molecule has 0 amide bonds. The van der Waals surface area contributed by atoms with Crippen molar-refractivity contribution in [1.82, 2.24) is 0 Å². The minimum absolute atomic E-state index is 0.250. The summed E-state index contributed by atoms with van der Waals surface area (Å²) in [4.78, 5) is 0. The Morgan fingerprint density at radius 3 is 2.60 bits per heavy atom. The topological polar surface area (TPSA) is 12.5 Å². The summed E-state index contributed by atoms with van der Waals surface area (Å²) < 4.78 is 5.26. The minimum Gasteiger partial charge on any atom is -0.369 e. The molecule has 1 atom stereocenters. The van der Waals surface area contributed by atoms with Crippen LogP contribution in [-0.2, 0) is 4.74 Å². The molecule has 1 aliphatic heterocycles. The maximum Gasteiger partial charge on any atom is 0.0978 e. The second kappa shape index (κ2) is 3.14. The van der Waals surface area contributed by atoms with Crippen molar-refractivity contribution in [2.45, 2.75) is 26.4 Å². The van der Waals surface area contributed by atoms with Gasteiger partial charge in [0.1, 0.15) is 0 Å². The third kappa shape index (κ3) is 2.93. The number of hydrogen-bond acceptors (Lipinski definition) is 2. The van der Waals surface area contributed by atoms with Crippen molar-refractivity contribution in [1.29, 1.82) is 0 Å². The largest absolute Gasteiger partial charge is 0.369 e. The summed E-state index contributed by atoms with van der Waals surface area (Å²) in [5, 5.41) is 0. The fourth-order valence-corrected chi connectivity index (χ4v) is 1.90. The number of epoxide rings is 1. The minimum atomic E-state index is 0.250. The Balaban J connectivity index is 1.95. The summed E-state index contributed by atoms with van der Waals surface area (Å²) in [7, 11) is 0. The summed E-state index contributed by atoms with van der Waals surface area (Å²) >= 11 is 2.01. The van der Waals surface area contributed by atoms with Gasteiger partial charge in [0, 0.05) is 5.75 Å². The van der Waals surface area contributed by atoms with Gasteiger partial charge in [-0.3, -0.25) is 0 Å². The highest BCUT2D eigenvalue weighted by Gasteiger charge is 2.38. The molecule has 0 saturated carbocycles. The van der Waals surface area contributed by atoms with Gasteiger partial charge in [-0.2, -0.15) is 11.8 Å². The standard InChI is InChI=1S/C8H16OS/c1-7(2)4-10-6-8(3)5-9-8/h7H,4-6H2,1-3H3. The van der Waals surface area contributed by atoms with E-state index in [4.69, 9.17) is 4.74 Å². The lowest BCUT2D eigenvalue weighted by molar-refractivity contribution is 0.348. The van der Waals surface area contributed by atoms with E-state index >= 15 is 0 Å². The molecule has 0 N–H and O–H groups in total. The van der Waals surface area contributed by atoms with Crippen LogP contribution in [-0.4, -0.2) is 23.7 Å². The van der Waals surface area contributed by atoms with E-state index in [1.807, 2.05) is 11.8 Å². The molecular formula is C8H16OS. The Morgan fingerprint density at radius 2 is 2.20 bits per heavy atom. The van der Waals surface area contributed by atoms with Crippen LogP contribution >= 0.6 is 11.8 Å². The maximum atomic E-state index is 5.26. The van der Waals surface area contributed by atoms with Crippen LogP contribution in [0.15, 0.2) is 0 Å². The fourth-order valence-electron chi connectivity index (χ4n) is 0.717. The van der Waals surface area contributed by atoms with Gasteiger partial charge in [-0.15, -0.1) is 0 Å². The monoisotopic (exact) mass is 160 g/mol. The molecule has 1 heterocycles. The summed E-state index contributed by atoms with van der Waals surface area (Å²) in [6.07, 6.45) is 0. The Bertz CT molecular complexity index is 108. The maximum absolute atomic E-state index is 5.26. The summed E-state index contributed by atoms with van der Waals surface area (Å²) in [5.74, 6) is 3.25. The fraction of sp³-hybridized carbons (Fsp3) is 1.00. The second-order valence-corrected chi connectivity index (χ2v) is 4.68. The third-order valence-corrected chi connectivity index (χ3v) is 3.21. The van der Waals surface area contributed by atoms with E-state index in [2.05, 4.69) is 20.8 Å². The molecule has 10 heavy (non-hydrogen) atoms. The zero-order valence-electron chi connectivity index (χ0n) is 7.02. The SMILES string of the molecule is CC(C)CSCC1(C)CO1. The molecule has 0 aromatic carbocycles. The van der Waals surface area contributed by atoms with Gasteiger partial charge in [-0.05, 0) is 18.6 Å². The van der Waals surface area contributed by atoms with Gasteiger partial charge in [-0.25, -0.2) is 0 Å². The molecule has 1 fully saturated rings. The van der Waals surface area contributed by atoms with Crippen molar-refractivity contribution in [2.75, 3.05) is 18.1 Å². The van der Waals surface area contributed by atoms with Gasteiger partial charge in [0.2, 0.25) is 0 Å². The first-order valence-corrected chi connectivity index (χ1v) is 4.99. The van der Waals surface area contributed by atoms with Crippen molar-refractivity contribution in [3.05, 3.63) is 0 Å². The highest BCUT2D eigenvalue weighted by atomic mass is 32.2. The van der Waals surface area contributed by atoms with Crippen LogP contribution in [0.1, 0.15) is 20.8 Å². The molecule has 1 nitrogen and oxygen atoms in total. The molecule has 0 aromatic rings. The van der Waals surface area contributed by atoms with Crippen LogP contribution in [0.3, 0.4) is 0 Å². The number of rotatable bonds is 4. The molecule has 1 saturated heterocycles. The number of ether oxygens (including phenoxy) is 1. The lowest BCUT2D eigenvalue weighted by Gasteiger charge is -2.06. The Morgan fingerprint density at radius 1 is 1.60 bits per heavy atom. The predicted octanol–water partition coefficient (Wildman–Crippen LogP) is 2.16. The van der Waals surface area contributed by atoms with Gasteiger partial charge in [0.05, 0.1) is 12.2 Å². The van der Waals surface area contributed by atoms with E-state index in [9.17, 15) is 0 Å². The van der Waals surface area contributed by atoms with Crippen molar-refractivity contribution in [3.8, 4) is 0 Å². The predicted molar refractivity (Wildman–Crippen MR) is 46.5 cm³/mol. The van der Waals surface area contributed by atoms with Crippen LogP contribution < -0.4 is 0 Å². The van der Waals surface area contributed by atoms with Gasteiger partial charge in [0.25, 0.3) is 0 Å². The molecule has 0 bridgehead atoms. The van der Waals surface area contributed by atoms with Gasteiger partial charge in [0.15, 0.2) is 0 Å². The highest BCUT2D eigenvalue weighted by Crippen LogP contribution is 2.30. The number of thioether (sulfide) groups is 1. The van der Waals surface area contributed by atoms with Gasteiger partial charge in [-0.1, -0.05) is 13.8 Å². The van der Waals surface area contributed by atoms with Crippen LogP contribution in [0, 0.1) is 5.92 Å². The van der Waals surface area contributed by atoms with Crippen molar-refractivity contribution < 1.29 is 4.74 Å². The smallest absolute Gasteiger partial charge is 0.0978 e. The van der Waals surface area contributed by atoms with Crippen molar-refractivity contribution in [2.24, 2.45) is 5.92 Å². The van der Waals surface area contributed by atoms with Gasteiger partial charge >= 0.3 is 0 Å². The summed E-state index contributed by atoms with van der Waals surface area (Å²) in [6, 6.07) is 0. The zero-order valence-corrected chi connectivity index (χ0v) is 7.83. The second-order valence-electron chi connectivity index (χ2n) is 3.65. The third-order valence-electron chi connectivity index (χ3n) is 1.50. The quantitative estimate of drug-likeness (QED) is 0.584. The van der Waals surface area contributed by atoms with Crippen LogP contribution in [0.5, 0.6) is 0 Å². The van der Waals surface area contributed by atoms with Crippen LogP contribution in [0.2, 0.25) is 0 Å². The molecule has 2 heteroatoms. The Kier molecular flexibility index (Phi) is 2.64. The Labute approximate surface area is 67.5 Å². The number of hydrogen-bond donors (Lipinski definition) is 0. The lowest BCUT2D eigenvalue weighted by Crippen LogP contribution is -2.09. The van der Waals surface area contributed by atoms with Crippen LogP contribution in [0.25, 0.3) is 0 Å². The molecule has 0 spiro atoms. The van der Waals surface area contributed by atoms with Crippen LogP contribution in [0.4, 0.5) is 0 Å². The van der Waals surface area contributed by atoms with Crippen molar-refractivity contribution >= 4 is 11.8 Å². The summed E-state index contributed by atoms with van der Waals surface area (Å²) in [6.45, 7) is 7.66. The van der Waals surface area contributed by atoms with E-state index in [0.29, 0.717) is 0 Å². The van der Waals surface area contributed by atoms with Crippen molar-refractivity contribution in [3.63, 3.8) is 0 Å². The molecule has 0 aromatic heterocycles. The molecule has 60 valence electrons. The first-order valence-electron chi connectivity index (χ1n) is 3.84. The first kappa shape index (κ1) is 8.41. The molecule has 1 rings (SSSR count). The lowest BCUT2D eigenvalue weighted by atomic mass is 10.3. The first-order chi connectivity index (χ1) is 4.62. The molecule has 0 aliphatic carbocycles. The van der Waals surface area contributed by atoms with E-state index in [1.165, 1.54) is 11.5 Å². The normalized spacial score (nSPS) is 31.2. The van der Waals surface area contributed by atoms with E-state index in [0.717, 1.165) is 12.5 Å². The zero-order chi connectivity index (χ0) is 7.61. The summed E-state index contributed by atoms with van der Waals surface area (Å²) in [5.41, 5.74) is 0.250. The van der Waals surface area contributed by atoms with Gasteiger partial charge < -0.3 is 4.74 Å². The van der Waals surface area contributed by atoms with E-state index in [1.54, 1.807) is 0 Å². The highest BCUT2D eigenvalue weighted by molar-refractivity contribution is 7.99. The molecular weight excluding hydrogens is 144 g/mol. The average Bonchev–Trinajstić information content (AvgIpc) is 2.47. The molecule has 0 radical (unpaired) electrons. The Hall–Kier alpha value is 0.310. The molecule has 1 unspecified atom stereocenters. The van der Waals surface area contributed by atoms with E-state index in [-0.39, 0.29) is 5.60 Å². The molecule has 1 aliphatic rings. The van der Waals surface area contributed by atoms with E-state index < -0.39 is 0 Å². The average molecular weight is 160 g/mol.